The van der Waals surface area contributed by atoms with E-state index in [1.165, 1.54) is 30.3 Å². The largest absolute Gasteiger partial charge is 0.488 e. The molecule has 1 aromatic heterocycles. The number of aromatic nitrogens is 2. The summed E-state index contributed by atoms with van der Waals surface area (Å²) < 4.78 is 27.8. The van der Waals surface area contributed by atoms with Crippen LogP contribution in [0.3, 0.4) is 0 Å². The Bertz CT molecular complexity index is 1220. The highest BCUT2D eigenvalue weighted by Gasteiger charge is 2.21. The van der Waals surface area contributed by atoms with Crippen molar-refractivity contribution in [1.29, 1.82) is 0 Å². The topological polar surface area (TPSA) is 106 Å². The predicted octanol–water partition coefficient (Wildman–Crippen LogP) is 3.60. The van der Waals surface area contributed by atoms with E-state index in [0.29, 0.717) is 18.9 Å². The van der Waals surface area contributed by atoms with Crippen molar-refractivity contribution in [2.45, 2.75) is 25.9 Å². The SMILES string of the molecule is C[C@@H](CO)Oc1cc(Oc2ccc(C(=O)N3CCCC3)cc2F)cc(C(=O)Nc2ccn(C)n2)c1. The Hall–Kier alpha value is -3.92. The molecule has 1 aliphatic heterocycles. The highest BCUT2D eigenvalue weighted by Crippen LogP contribution is 2.31. The summed E-state index contributed by atoms with van der Waals surface area (Å²) in [4.78, 5) is 27.1. The second-order valence-electron chi connectivity index (χ2n) is 8.38. The van der Waals surface area contributed by atoms with Crippen LogP contribution in [-0.2, 0) is 7.05 Å². The van der Waals surface area contributed by atoms with Crippen molar-refractivity contribution in [1.82, 2.24) is 14.7 Å². The quantitative estimate of drug-likeness (QED) is 0.508. The molecule has 2 amide bonds. The van der Waals surface area contributed by atoms with Crippen molar-refractivity contribution >= 4 is 17.6 Å². The van der Waals surface area contributed by atoms with Gasteiger partial charge in [0.25, 0.3) is 11.8 Å². The number of anilines is 1. The molecule has 2 heterocycles. The molecule has 184 valence electrons. The zero-order chi connectivity index (χ0) is 24.9. The van der Waals surface area contributed by atoms with Gasteiger partial charge in [0.1, 0.15) is 17.6 Å². The number of benzene rings is 2. The van der Waals surface area contributed by atoms with E-state index in [0.717, 1.165) is 18.9 Å². The molecule has 1 atom stereocenters. The van der Waals surface area contributed by atoms with Gasteiger partial charge in [0.05, 0.1) is 6.61 Å². The van der Waals surface area contributed by atoms with Gasteiger partial charge in [-0.25, -0.2) is 4.39 Å². The number of nitrogens with one attached hydrogen (secondary N) is 1. The van der Waals surface area contributed by atoms with E-state index in [9.17, 15) is 19.1 Å². The lowest BCUT2D eigenvalue weighted by Crippen LogP contribution is -2.27. The van der Waals surface area contributed by atoms with Gasteiger partial charge in [0.2, 0.25) is 0 Å². The van der Waals surface area contributed by atoms with Gasteiger partial charge >= 0.3 is 0 Å². The van der Waals surface area contributed by atoms with Gasteiger partial charge in [0.15, 0.2) is 17.4 Å². The molecule has 0 aliphatic carbocycles. The average Bonchev–Trinajstić information content (AvgIpc) is 3.51. The lowest BCUT2D eigenvalue weighted by atomic mass is 10.1. The number of carbonyl (C=O) groups is 2. The summed E-state index contributed by atoms with van der Waals surface area (Å²) in [7, 11) is 1.73. The average molecular weight is 483 g/mol. The maximum absolute atomic E-state index is 14.8. The fraction of sp³-hybridized carbons (Fsp3) is 0.320. The molecule has 35 heavy (non-hydrogen) atoms. The molecule has 3 aromatic rings. The maximum Gasteiger partial charge on any atom is 0.257 e. The zero-order valence-electron chi connectivity index (χ0n) is 19.5. The van der Waals surface area contributed by atoms with Gasteiger partial charge in [-0.15, -0.1) is 0 Å². The number of aliphatic hydroxyl groups is 1. The van der Waals surface area contributed by atoms with Gasteiger partial charge < -0.3 is 24.8 Å². The first-order valence-electron chi connectivity index (χ1n) is 11.3. The first-order chi connectivity index (χ1) is 16.8. The third-order valence-electron chi connectivity index (χ3n) is 5.49. The highest BCUT2D eigenvalue weighted by atomic mass is 19.1. The summed E-state index contributed by atoms with van der Waals surface area (Å²) in [5, 5.41) is 16.1. The smallest absolute Gasteiger partial charge is 0.257 e. The van der Waals surface area contributed by atoms with Gasteiger partial charge in [-0.3, -0.25) is 14.3 Å². The molecule has 0 bridgehead atoms. The molecule has 10 heteroatoms. The minimum atomic E-state index is -0.704. The minimum Gasteiger partial charge on any atom is -0.488 e. The van der Waals surface area contributed by atoms with Gasteiger partial charge in [-0.05, 0) is 50.1 Å². The summed E-state index contributed by atoms with van der Waals surface area (Å²) in [6, 6.07) is 10.1. The van der Waals surface area contributed by atoms with Crippen LogP contribution in [-0.4, -0.2) is 57.4 Å². The number of amides is 2. The second-order valence-corrected chi connectivity index (χ2v) is 8.38. The normalized spacial score (nSPS) is 14.0. The number of carbonyl (C=O) groups excluding carboxylic acids is 2. The van der Waals surface area contributed by atoms with E-state index < -0.39 is 17.8 Å². The van der Waals surface area contributed by atoms with E-state index in [1.807, 2.05) is 0 Å². The Morgan fingerprint density at radius 1 is 1.11 bits per heavy atom. The number of aliphatic hydroxyl groups excluding tert-OH is 1. The van der Waals surface area contributed by atoms with E-state index in [4.69, 9.17) is 9.47 Å². The Morgan fingerprint density at radius 3 is 2.51 bits per heavy atom. The number of nitrogens with zero attached hydrogens (tertiary/aromatic N) is 3. The van der Waals surface area contributed by atoms with E-state index in [-0.39, 0.29) is 40.9 Å². The first-order valence-corrected chi connectivity index (χ1v) is 11.3. The number of likely N-dealkylation sites (tertiary alicyclic amines) is 1. The van der Waals surface area contributed by atoms with Crippen molar-refractivity contribution in [3.63, 3.8) is 0 Å². The Labute approximate surface area is 202 Å². The molecule has 1 fully saturated rings. The van der Waals surface area contributed by atoms with Crippen LogP contribution in [0.5, 0.6) is 17.2 Å². The minimum absolute atomic E-state index is 0.105. The molecule has 1 aliphatic rings. The second kappa shape index (κ2) is 10.6. The van der Waals surface area contributed by atoms with Crippen LogP contribution in [0.1, 0.15) is 40.5 Å². The Balaban J connectivity index is 1.57. The van der Waals surface area contributed by atoms with Crippen LogP contribution in [0.4, 0.5) is 10.2 Å². The summed E-state index contributed by atoms with van der Waals surface area (Å²) in [5.41, 5.74) is 0.440. The van der Waals surface area contributed by atoms with Gasteiger partial charge in [-0.1, -0.05) is 0 Å². The highest BCUT2D eigenvalue weighted by molar-refractivity contribution is 6.04. The standard InChI is InChI=1S/C25H27FN4O5/c1-16(15-31)34-19-11-18(24(32)27-23-7-10-29(2)28-23)12-20(14-19)35-22-6-5-17(13-21(22)26)25(33)30-8-3-4-9-30/h5-7,10-14,16,31H,3-4,8-9,15H2,1-2H3,(H,27,28,32)/t16-/m0/s1. The number of halogens is 1. The Morgan fingerprint density at radius 2 is 1.86 bits per heavy atom. The van der Waals surface area contributed by atoms with Crippen molar-refractivity contribution in [3.8, 4) is 17.2 Å². The number of ether oxygens (including phenoxy) is 2. The fourth-order valence-corrected chi connectivity index (χ4v) is 3.72. The monoisotopic (exact) mass is 482 g/mol. The first kappa shape index (κ1) is 24.2. The van der Waals surface area contributed by atoms with E-state index in [1.54, 1.807) is 35.8 Å². The van der Waals surface area contributed by atoms with Crippen LogP contribution >= 0.6 is 0 Å². The van der Waals surface area contributed by atoms with Gasteiger partial charge in [-0.2, -0.15) is 5.10 Å². The molecule has 0 unspecified atom stereocenters. The van der Waals surface area contributed by atoms with Crippen LogP contribution in [0, 0.1) is 5.82 Å². The number of hydrogen-bond acceptors (Lipinski definition) is 6. The Kier molecular flexibility index (Phi) is 7.31. The molecule has 2 aromatic carbocycles. The lowest BCUT2D eigenvalue weighted by Gasteiger charge is -2.17. The van der Waals surface area contributed by atoms with E-state index >= 15 is 0 Å². The molecule has 1 saturated heterocycles. The van der Waals surface area contributed by atoms with Crippen molar-refractivity contribution in [3.05, 3.63) is 65.6 Å². The van der Waals surface area contributed by atoms with Crippen molar-refractivity contribution in [2.75, 3.05) is 25.0 Å². The van der Waals surface area contributed by atoms with Crippen LogP contribution in [0.2, 0.25) is 0 Å². The number of hydrogen-bond donors (Lipinski definition) is 2. The molecule has 0 radical (unpaired) electrons. The van der Waals surface area contributed by atoms with Crippen LogP contribution in [0.15, 0.2) is 48.7 Å². The fourth-order valence-electron chi connectivity index (χ4n) is 3.72. The van der Waals surface area contributed by atoms with Crippen molar-refractivity contribution in [2.24, 2.45) is 7.05 Å². The third kappa shape index (κ3) is 5.96. The summed E-state index contributed by atoms with van der Waals surface area (Å²) in [6.45, 7) is 2.76. The maximum atomic E-state index is 14.8. The zero-order valence-corrected chi connectivity index (χ0v) is 19.5. The predicted molar refractivity (Wildman–Crippen MR) is 126 cm³/mol. The van der Waals surface area contributed by atoms with Crippen LogP contribution in [0.25, 0.3) is 0 Å². The van der Waals surface area contributed by atoms with Crippen LogP contribution < -0.4 is 14.8 Å². The van der Waals surface area contributed by atoms with Gasteiger partial charge in [0, 0.05) is 49.6 Å². The molecular formula is C25H27FN4O5. The van der Waals surface area contributed by atoms with E-state index in [2.05, 4.69) is 10.4 Å². The summed E-state index contributed by atoms with van der Waals surface area (Å²) in [5.74, 6) is -0.722. The molecule has 9 nitrogen and oxygen atoms in total. The molecule has 2 N–H and O–H groups in total. The summed E-state index contributed by atoms with van der Waals surface area (Å²) >= 11 is 0. The van der Waals surface area contributed by atoms with Crippen molar-refractivity contribution < 1.29 is 28.6 Å². The number of rotatable bonds is 8. The third-order valence-corrected chi connectivity index (χ3v) is 5.49. The molecule has 4 rings (SSSR count). The lowest BCUT2D eigenvalue weighted by molar-refractivity contribution is 0.0792. The molecule has 0 saturated carbocycles. The molecule has 0 spiro atoms. The summed E-state index contributed by atoms with van der Waals surface area (Å²) in [6.07, 6.45) is 3.04. The molecular weight excluding hydrogens is 455 g/mol. The number of aryl methyl sites for hydroxylation is 1.